The van der Waals surface area contributed by atoms with Crippen molar-refractivity contribution in [1.82, 2.24) is 34.6 Å². The predicted molar refractivity (Wildman–Crippen MR) is 110 cm³/mol. The van der Waals surface area contributed by atoms with E-state index in [4.69, 9.17) is 9.84 Å². The van der Waals surface area contributed by atoms with Gasteiger partial charge in [-0.05, 0) is 56.2 Å². The molecule has 2 fully saturated rings. The number of halogens is 1. The highest BCUT2D eigenvalue weighted by Gasteiger charge is 2.48. The molecule has 0 spiro atoms. The van der Waals surface area contributed by atoms with E-state index in [9.17, 15) is 4.39 Å². The minimum absolute atomic E-state index is 0.0682. The minimum atomic E-state index is -0.364. The molecule has 0 amide bonds. The molecule has 1 aromatic carbocycles. The van der Waals surface area contributed by atoms with E-state index in [-0.39, 0.29) is 17.8 Å². The molecule has 31 heavy (non-hydrogen) atoms. The van der Waals surface area contributed by atoms with Crippen LogP contribution in [0.15, 0.2) is 36.7 Å². The van der Waals surface area contributed by atoms with Crippen LogP contribution in [0.4, 0.5) is 4.39 Å². The molecule has 0 N–H and O–H groups in total. The zero-order valence-corrected chi connectivity index (χ0v) is 17.2. The van der Waals surface area contributed by atoms with Gasteiger partial charge in [-0.25, -0.2) is 9.37 Å². The minimum Gasteiger partial charge on any atom is -0.468 e. The quantitative estimate of drug-likeness (QED) is 0.493. The van der Waals surface area contributed by atoms with E-state index in [1.165, 1.54) is 25.2 Å². The lowest BCUT2D eigenvalue weighted by Crippen LogP contribution is -2.22. The summed E-state index contributed by atoms with van der Waals surface area (Å²) in [6, 6.07) is 8.55. The molecule has 4 aromatic rings. The molecule has 2 aliphatic carbocycles. The normalized spacial score (nSPS) is 22.5. The topological polar surface area (TPSA) is 83.0 Å². The number of fused-ring (bicyclic) bond motifs is 3. The van der Waals surface area contributed by atoms with Crippen molar-refractivity contribution in [2.24, 2.45) is 13.0 Å². The molecule has 9 heteroatoms. The number of aromatic nitrogens is 7. The van der Waals surface area contributed by atoms with Crippen molar-refractivity contribution in [2.75, 3.05) is 0 Å². The van der Waals surface area contributed by atoms with E-state index in [1.54, 1.807) is 27.4 Å². The van der Waals surface area contributed by atoms with Gasteiger partial charge in [-0.2, -0.15) is 9.61 Å². The van der Waals surface area contributed by atoms with Gasteiger partial charge in [0.15, 0.2) is 17.3 Å². The number of hydrogen-bond donors (Lipinski definition) is 0. The van der Waals surface area contributed by atoms with E-state index < -0.39 is 0 Å². The van der Waals surface area contributed by atoms with E-state index >= 15 is 0 Å². The maximum Gasteiger partial charge on any atom is 0.236 e. The first kappa shape index (κ1) is 18.4. The van der Waals surface area contributed by atoms with Crippen LogP contribution in [0.3, 0.4) is 0 Å². The van der Waals surface area contributed by atoms with Crippen molar-refractivity contribution in [3.8, 4) is 17.3 Å². The Morgan fingerprint density at radius 1 is 1.19 bits per heavy atom. The fourth-order valence-corrected chi connectivity index (χ4v) is 5.27. The third-order valence-corrected chi connectivity index (χ3v) is 6.93. The van der Waals surface area contributed by atoms with Crippen LogP contribution in [0.5, 0.6) is 5.88 Å². The van der Waals surface area contributed by atoms with E-state index in [0.29, 0.717) is 28.7 Å². The molecular formula is C22H22FN7O. The smallest absolute Gasteiger partial charge is 0.236 e. The number of nitrogens with zero attached hydrogens (tertiary/aromatic N) is 7. The molecule has 0 saturated heterocycles. The summed E-state index contributed by atoms with van der Waals surface area (Å²) in [6.07, 6.45) is 7.39. The van der Waals surface area contributed by atoms with Crippen molar-refractivity contribution in [1.29, 1.82) is 0 Å². The van der Waals surface area contributed by atoms with Gasteiger partial charge in [-0.3, -0.25) is 4.68 Å². The monoisotopic (exact) mass is 419 g/mol. The van der Waals surface area contributed by atoms with Crippen molar-refractivity contribution in [3.63, 3.8) is 0 Å². The highest BCUT2D eigenvalue weighted by atomic mass is 19.1. The SMILES string of the molecule is Cn1ncnc1COc1nn2c(-c3ccccc3F)nnc2cc1C12CCC(CC1)C2. The Morgan fingerprint density at radius 3 is 2.74 bits per heavy atom. The van der Waals surface area contributed by atoms with Crippen LogP contribution in [0.1, 0.15) is 43.5 Å². The largest absolute Gasteiger partial charge is 0.468 e. The van der Waals surface area contributed by atoms with Gasteiger partial charge in [0.25, 0.3) is 0 Å². The summed E-state index contributed by atoms with van der Waals surface area (Å²) in [7, 11) is 1.83. The molecule has 0 unspecified atom stereocenters. The Balaban J connectivity index is 1.48. The van der Waals surface area contributed by atoms with Gasteiger partial charge in [0.2, 0.25) is 5.88 Å². The van der Waals surface area contributed by atoms with Crippen molar-refractivity contribution in [2.45, 2.75) is 44.1 Å². The fraction of sp³-hybridized carbons (Fsp3) is 0.409. The van der Waals surface area contributed by atoms with E-state index in [0.717, 1.165) is 30.7 Å². The van der Waals surface area contributed by atoms with Crippen LogP contribution in [-0.2, 0) is 19.1 Å². The summed E-state index contributed by atoms with van der Waals surface area (Å²) in [5.41, 5.74) is 2.10. The standard InChI is InChI=1S/C22H22FN7O/c1-29-19(24-13-25-29)12-31-21-16(22-8-6-14(11-22)7-9-22)10-18-26-27-20(30(18)28-21)15-4-2-3-5-17(15)23/h2-5,10,13-14H,6-9,11-12H2,1H3. The van der Waals surface area contributed by atoms with Gasteiger partial charge in [0.1, 0.15) is 18.8 Å². The van der Waals surface area contributed by atoms with Gasteiger partial charge < -0.3 is 4.74 Å². The summed E-state index contributed by atoms with van der Waals surface area (Å²) >= 11 is 0. The number of hydrogen-bond acceptors (Lipinski definition) is 6. The van der Waals surface area contributed by atoms with Crippen LogP contribution in [-0.4, -0.2) is 34.6 Å². The van der Waals surface area contributed by atoms with E-state index in [2.05, 4.69) is 20.3 Å². The highest BCUT2D eigenvalue weighted by Crippen LogP contribution is 2.57. The average molecular weight is 419 g/mol. The second-order valence-electron chi connectivity index (χ2n) is 8.65. The molecule has 2 bridgehead atoms. The molecule has 158 valence electrons. The maximum atomic E-state index is 14.4. The first-order valence-electron chi connectivity index (χ1n) is 10.6. The predicted octanol–water partition coefficient (Wildman–Crippen LogP) is 3.47. The second kappa shape index (κ2) is 6.83. The van der Waals surface area contributed by atoms with Crippen molar-refractivity contribution in [3.05, 3.63) is 53.9 Å². The Bertz CT molecular complexity index is 1270. The van der Waals surface area contributed by atoms with Crippen LogP contribution in [0.25, 0.3) is 17.0 Å². The summed E-state index contributed by atoms with van der Waals surface area (Å²) in [5, 5.41) is 17.5. The first-order valence-corrected chi connectivity index (χ1v) is 10.6. The summed E-state index contributed by atoms with van der Waals surface area (Å²) in [6.45, 7) is 0.249. The van der Waals surface area contributed by atoms with E-state index in [1.807, 2.05) is 13.1 Å². The molecular weight excluding hydrogens is 397 g/mol. The van der Waals surface area contributed by atoms with Crippen molar-refractivity contribution >= 4 is 5.65 Å². The molecule has 2 saturated carbocycles. The Kier molecular flexibility index (Phi) is 4.06. The molecule has 0 radical (unpaired) electrons. The molecule has 0 aliphatic heterocycles. The molecule has 6 rings (SSSR count). The molecule has 3 aromatic heterocycles. The Hall–Kier alpha value is -3.36. The summed E-state index contributed by atoms with van der Waals surface area (Å²) in [4.78, 5) is 4.25. The van der Waals surface area contributed by atoms with Crippen LogP contribution < -0.4 is 4.74 Å². The third kappa shape index (κ3) is 2.90. The van der Waals surface area contributed by atoms with Gasteiger partial charge in [-0.15, -0.1) is 15.3 Å². The number of benzene rings is 1. The fourth-order valence-electron chi connectivity index (χ4n) is 5.27. The first-order chi connectivity index (χ1) is 15.1. The summed E-state index contributed by atoms with van der Waals surface area (Å²) in [5.74, 6) is 2.01. The highest BCUT2D eigenvalue weighted by molar-refractivity contribution is 5.60. The zero-order chi connectivity index (χ0) is 21.0. The summed E-state index contributed by atoms with van der Waals surface area (Å²) < 4.78 is 23.9. The number of rotatable bonds is 5. The van der Waals surface area contributed by atoms with Crippen molar-refractivity contribution < 1.29 is 9.13 Å². The Labute approximate surface area is 178 Å². The van der Waals surface area contributed by atoms with Gasteiger partial charge >= 0.3 is 0 Å². The average Bonchev–Trinajstić information content (AvgIpc) is 3.56. The lowest BCUT2D eigenvalue weighted by molar-refractivity contribution is 0.261. The molecule has 2 aliphatic rings. The molecule has 3 heterocycles. The maximum absolute atomic E-state index is 14.4. The van der Waals surface area contributed by atoms with Crippen LogP contribution in [0.2, 0.25) is 0 Å². The third-order valence-electron chi connectivity index (χ3n) is 6.93. The molecule has 0 atom stereocenters. The van der Waals surface area contributed by atoms with Gasteiger partial charge in [-0.1, -0.05) is 12.1 Å². The second-order valence-corrected chi connectivity index (χ2v) is 8.65. The van der Waals surface area contributed by atoms with Crippen LogP contribution >= 0.6 is 0 Å². The van der Waals surface area contributed by atoms with Crippen LogP contribution in [0, 0.1) is 11.7 Å². The lowest BCUT2D eigenvalue weighted by atomic mass is 9.78. The number of ether oxygens (including phenoxy) is 1. The zero-order valence-electron chi connectivity index (χ0n) is 17.2. The number of aryl methyl sites for hydroxylation is 1. The van der Waals surface area contributed by atoms with Gasteiger partial charge in [0.05, 0.1) is 5.56 Å². The van der Waals surface area contributed by atoms with Gasteiger partial charge in [0, 0.05) is 18.0 Å². The lowest BCUT2D eigenvalue weighted by Gasteiger charge is -2.28. The molecule has 8 nitrogen and oxygen atoms in total. The Morgan fingerprint density at radius 2 is 2.03 bits per heavy atom.